The summed E-state index contributed by atoms with van der Waals surface area (Å²) in [5, 5.41) is 0. The van der Waals surface area contributed by atoms with E-state index in [1.54, 1.807) is 36.0 Å². The fraction of sp³-hybridized carbons (Fsp3) is 0.533. The Hall–Kier alpha value is -0.370. The lowest BCUT2D eigenvalue weighted by atomic mass is 9.99. The van der Waals surface area contributed by atoms with Gasteiger partial charge in [0.15, 0.2) is 0 Å². The molecule has 122 valence electrons. The number of ketones is 1. The van der Waals surface area contributed by atoms with Crippen molar-refractivity contribution in [1.29, 1.82) is 0 Å². The molecule has 7 heteroatoms. The second kappa shape index (κ2) is 6.63. The molecule has 1 atom stereocenters. The molecule has 0 saturated carbocycles. The summed E-state index contributed by atoms with van der Waals surface area (Å²) in [6.45, 7) is 5.74. The number of hydrogen-bond acceptors (Lipinski definition) is 4. The van der Waals surface area contributed by atoms with Crippen LogP contribution in [0.4, 0.5) is 0 Å². The minimum Gasteiger partial charge on any atom is -0.298 e. The Balaban J connectivity index is 2.50. The first kappa shape index (κ1) is 18.0. The highest BCUT2D eigenvalue weighted by Crippen LogP contribution is 2.37. The number of rotatable bonds is 3. The topological polar surface area (TPSA) is 54.5 Å². The van der Waals surface area contributed by atoms with Crippen LogP contribution in [0.2, 0.25) is 0 Å². The standard InChI is InChI=1S/C15H20BrNO3S2/c1-11(18)14-15(2,3)21-10-4-9-17(14)22(19,20)13-7-5-12(16)6-8-13/h5-8,14H,4,9-10H2,1-3H3/t14-/m0/s1. The van der Waals surface area contributed by atoms with E-state index in [-0.39, 0.29) is 10.7 Å². The number of hydrogen-bond donors (Lipinski definition) is 0. The van der Waals surface area contributed by atoms with E-state index < -0.39 is 20.8 Å². The molecule has 4 nitrogen and oxygen atoms in total. The van der Waals surface area contributed by atoms with Gasteiger partial charge in [0, 0.05) is 15.8 Å². The lowest BCUT2D eigenvalue weighted by Crippen LogP contribution is -2.53. The number of carbonyl (C=O) groups excluding carboxylic acids is 1. The molecular weight excluding hydrogens is 386 g/mol. The lowest BCUT2D eigenvalue weighted by Gasteiger charge is -2.37. The molecule has 1 fully saturated rings. The first-order chi connectivity index (χ1) is 10.2. The van der Waals surface area contributed by atoms with E-state index in [4.69, 9.17) is 0 Å². The molecule has 1 heterocycles. The summed E-state index contributed by atoms with van der Waals surface area (Å²) in [7, 11) is -3.69. The smallest absolute Gasteiger partial charge is 0.243 e. The quantitative estimate of drug-likeness (QED) is 0.773. The number of sulfonamides is 1. The molecule has 0 aliphatic carbocycles. The molecule has 1 aliphatic heterocycles. The summed E-state index contributed by atoms with van der Waals surface area (Å²) in [5.74, 6) is 0.739. The van der Waals surface area contributed by atoms with Crippen molar-refractivity contribution < 1.29 is 13.2 Å². The number of carbonyl (C=O) groups is 1. The van der Waals surface area contributed by atoms with E-state index in [9.17, 15) is 13.2 Å². The Bertz CT molecular complexity index is 656. The van der Waals surface area contributed by atoms with Crippen LogP contribution in [-0.4, -0.2) is 41.6 Å². The van der Waals surface area contributed by atoms with Crippen LogP contribution in [0.25, 0.3) is 0 Å². The van der Waals surface area contributed by atoms with Crippen LogP contribution in [0.3, 0.4) is 0 Å². The van der Waals surface area contributed by atoms with Crippen molar-refractivity contribution in [2.75, 3.05) is 12.3 Å². The van der Waals surface area contributed by atoms with Gasteiger partial charge < -0.3 is 0 Å². The van der Waals surface area contributed by atoms with Gasteiger partial charge in [-0.05, 0) is 57.2 Å². The van der Waals surface area contributed by atoms with Crippen LogP contribution in [0.5, 0.6) is 0 Å². The molecular formula is C15H20BrNO3S2. The third-order valence-corrected chi connectivity index (χ3v) is 7.62. The van der Waals surface area contributed by atoms with Gasteiger partial charge in [0.1, 0.15) is 5.78 Å². The highest BCUT2D eigenvalue weighted by molar-refractivity contribution is 9.10. The monoisotopic (exact) mass is 405 g/mol. The maximum Gasteiger partial charge on any atom is 0.243 e. The molecule has 0 amide bonds. The van der Waals surface area contributed by atoms with Crippen molar-refractivity contribution in [2.45, 2.75) is 42.9 Å². The van der Waals surface area contributed by atoms with Crippen molar-refractivity contribution in [3.8, 4) is 0 Å². The third kappa shape index (κ3) is 3.58. The first-order valence-electron chi connectivity index (χ1n) is 7.08. The zero-order chi connectivity index (χ0) is 16.5. The van der Waals surface area contributed by atoms with E-state index >= 15 is 0 Å². The Morgan fingerprint density at radius 1 is 1.32 bits per heavy atom. The lowest BCUT2D eigenvalue weighted by molar-refractivity contribution is -0.121. The molecule has 1 aromatic rings. The molecule has 1 aromatic carbocycles. The van der Waals surface area contributed by atoms with Crippen molar-refractivity contribution in [3.05, 3.63) is 28.7 Å². The van der Waals surface area contributed by atoms with Crippen LogP contribution in [0, 0.1) is 0 Å². The summed E-state index contributed by atoms with van der Waals surface area (Å²) in [6, 6.07) is 5.90. The summed E-state index contributed by atoms with van der Waals surface area (Å²) in [6.07, 6.45) is 0.744. The molecule has 1 aliphatic rings. The van der Waals surface area contributed by atoms with Gasteiger partial charge in [-0.15, -0.1) is 0 Å². The Morgan fingerprint density at radius 3 is 2.45 bits per heavy atom. The molecule has 1 saturated heterocycles. The second-order valence-corrected chi connectivity index (χ2v) is 10.4. The minimum absolute atomic E-state index is 0.111. The number of nitrogens with zero attached hydrogens (tertiary/aromatic N) is 1. The van der Waals surface area contributed by atoms with E-state index in [0.29, 0.717) is 6.54 Å². The first-order valence-corrected chi connectivity index (χ1v) is 10.3. The van der Waals surface area contributed by atoms with Gasteiger partial charge in [-0.3, -0.25) is 4.79 Å². The zero-order valence-electron chi connectivity index (χ0n) is 12.9. The van der Waals surface area contributed by atoms with E-state index in [0.717, 1.165) is 16.6 Å². The number of thioether (sulfide) groups is 1. The van der Waals surface area contributed by atoms with Crippen molar-refractivity contribution in [3.63, 3.8) is 0 Å². The molecule has 0 bridgehead atoms. The number of benzene rings is 1. The highest BCUT2D eigenvalue weighted by atomic mass is 79.9. The van der Waals surface area contributed by atoms with Crippen LogP contribution < -0.4 is 0 Å². The second-order valence-electron chi connectivity index (χ2n) is 5.89. The van der Waals surface area contributed by atoms with Crippen LogP contribution in [0.1, 0.15) is 27.2 Å². The summed E-state index contributed by atoms with van der Waals surface area (Å²) >= 11 is 4.97. The molecule has 2 rings (SSSR count). The van der Waals surface area contributed by atoms with Gasteiger partial charge in [0.25, 0.3) is 0 Å². The zero-order valence-corrected chi connectivity index (χ0v) is 16.1. The molecule has 0 aromatic heterocycles. The van der Waals surface area contributed by atoms with Crippen LogP contribution in [-0.2, 0) is 14.8 Å². The molecule has 0 spiro atoms. The number of halogens is 1. The van der Waals surface area contributed by atoms with Crippen molar-refractivity contribution in [2.24, 2.45) is 0 Å². The normalized spacial score (nSPS) is 23.0. The van der Waals surface area contributed by atoms with Crippen molar-refractivity contribution >= 4 is 43.5 Å². The fourth-order valence-corrected chi connectivity index (χ4v) is 6.20. The third-order valence-electron chi connectivity index (χ3n) is 3.75. The summed E-state index contributed by atoms with van der Waals surface area (Å²) < 4.78 is 27.8. The predicted molar refractivity (Wildman–Crippen MR) is 93.7 cm³/mol. The SMILES string of the molecule is CC(=O)[C@@H]1N(S(=O)(=O)c2ccc(Br)cc2)CCCSC1(C)C. The highest BCUT2D eigenvalue weighted by Gasteiger charge is 2.45. The van der Waals surface area contributed by atoms with Gasteiger partial charge >= 0.3 is 0 Å². The molecule has 0 unspecified atom stereocenters. The van der Waals surface area contributed by atoms with Gasteiger partial charge in [-0.2, -0.15) is 16.1 Å². The van der Waals surface area contributed by atoms with Gasteiger partial charge in [-0.1, -0.05) is 15.9 Å². The summed E-state index contributed by atoms with van der Waals surface area (Å²) in [5.41, 5.74) is 0. The predicted octanol–water partition coefficient (Wildman–Crippen LogP) is 3.31. The molecule has 0 N–H and O–H groups in total. The maximum atomic E-state index is 13.0. The van der Waals surface area contributed by atoms with Gasteiger partial charge in [0.2, 0.25) is 10.0 Å². The van der Waals surface area contributed by atoms with E-state index in [1.807, 2.05) is 13.8 Å². The average Bonchev–Trinajstić information content (AvgIpc) is 2.57. The largest absolute Gasteiger partial charge is 0.298 e. The number of Topliss-reactive ketones (excluding diaryl/α,β-unsaturated/α-hetero) is 1. The van der Waals surface area contributed by atoms with Gasteiger partial charge in [-0.25, -0.2) is 8.42 Å². The van der Waals surface area contributed by atoms with E-state index in [2.05, 4.69) is 15.9 Å². The van der Waals surface area contributed by atoms with Crippen LogP contribution >= 0.6 is 27.7 Å². The Kier molecular flexibility index (Phi) is 5.42. The van der Waals surface area contributed by atoms with Gasteiger partial charge in [0.05, 0.1) is 10.9 Å². The minimum atomic E-state index is -3.69. The maximum absolute atomic E-state index is 13.0. The van der Waals surface area contributed by atoms with E-state index in [1.165, 1.54) is 11.2 Å². The average molecular weight is 406 g/mol. The summed E-state index contributed by atoms with van der Waals surface area (Å²) in [4.78, 5) is 12.4. The fourth-order valence-electron chi connectivity index (χ4n) is 2.80. The van der Waals surface area contributed by atoms with Crippen LogP contribution in [0.15, 0.2) is 33.6 Å². The Labute approximate surface area is 144 Å². The Morgan fingerprint density at radius 2 is 1.91 bits per heavy atom. The van der Waals surface area contributed by atoms with Crippen molar-refractivity contribution in [1.82, 2.24) is 4.31 Å². The molecule has 22 heavy (non-hydrogen) atoms. The molecule has 0 radical (unpaired) electrons.